The first-order valence-electron chi connectivity index (χ1n) is 8.01. The molecule has 2 fully saturated rings. The molecule has 2 rings (SSSR count). The van der Waals surface area contributed by atoms with Crippen molar-refractivity contribution in [2.24, 2.45) is 5.92 Å². The molecular formula is C16H28INO3. The Morgan fingerprint density at radius 2 is 2.10 bits per heavy atom. The van der Waals surface area contributed by atoms with Crippen LogP contribution in [0.3, 0.4) is 0 Å². The first kappa shape index (κ1) is 17.3. The van der Waals surface area contributed by atoms with Crippen LogP contribution in [0.1, 0.15) is 52.9 Å². The average molecular weight is 409 g/mol. The molecule has 0 aromatic heterocycles. The molecule has 1 unspecified atom stereocenters. The van der Waals surface area contributed by atoms with Crippen molar-refractivity contribution in [2.75, 3.05) is 24.1 Å². The molecule has 0 aromatic rings. The molecule has 0 N–H and O–H groups in total. The first-order valence-corrected chi connectivity index (χ1v) is 9.54. The van der Waals surface area contributed by atoms with Gasteiger partial charge in [0.15, 0.2) is 0 Å². The van der Waals surface area contributed by atoms with Crippen molar-refractivity contribution in [3.8, 4) is 0 Å². The summed E-state index contributed by atoms with van der Waals surface area (Å²) in [5.74, 6) is 0.891. The van der Waals surface area contributed by atoms with Crippen molar-refractivity contribution in [2.45, 2.75) is 64.1 Å². The van der Waals surface area contributed by atoms with Gasteiger partial charge < -0.3 is 14.4 Å². The van der Waals surface area contributed by atoms with Crippen LogP contribution in [0.15, 0.2) is 0 Å². The van der Waals surface area contributed by atoms with Gasteiger partial charge in [0.2, 0.25) is 0 Å². The van der Waals surface area contributed by atoms with Gasteiger partial charge in [-0.3, -0.25) is 0 Å². The molecule has 0 aromatic carbocycles. The highest BCUT2D eigenvalue weighted by molar-refractivity contribution is 14.1. The molecule has 21 heavy (non-hydrogen) atoms. The number of rotatable bonds is 5. The van der Waals surface area contributed by atoms with Crippen LogP contribution in [0.4, 0.5) is 4.79 Å². The predicted molar refractivity (Wildman–Crippen MR) is 92.0 cm³/mol. The highest BCUT2D eigenvalue weighted by Gasteiger charge is 2.39. The first-order chi connectivity index (χ1) is 9.84. The lowest BCUT2D eigenvalue weighted by Crippen LogP contribution is -2.53. The summed E-state index contributed by atoms with van der Waals surface area (Å²) in [4.78, 5) is 14.1. The summed E-state index contributed by atoms with van der Waals surface area (Å²) in [6, 6.07) is 0. The van der Waals surface area contributed by atoms with E-state index in [1.54, 1.807) is 0 Å². The van der Waals surface area contributed by atoms with E-state index in [4.69, 9.17) is 9.47 Å². The van der Waals surface area contributed by atoms with Crippen molar-refractivity contribution >= 4 is 28.7 Å². The molecular weight excluding hydrogens is 381 g/mol. The highest BCUT2D eigenvalue weighted by atomic mass is 127. The van der Waals surface area contributed by atoms with Crippen molar-refractivity contribution in [1.29, 1.82) is 0 Å². The third-order valence-corrected chi connectivity index (χ3v) is 5.46. The number of ether oxygens (including phenoxy) is 2. The molecule has 122 valence electrons. The van der Waals surface area contributed by atoms with Gasteiger partial charge in [0, 0.05) is 17.6 Å². The molecule has 0 radical (unpaired) electrons. The van der Waals surface area contributed by atoms with E-state index in [2.05, 4.69) is 22.6 Å². The largest absolute Gasteiger partial charge is 0.444 e. The van der Waals surface area contributed by atoms with Crippen LogP contribution < -0.4 is 0 Å². The van der Waals surface area contributed by atoms with Crippen molar-refractivity contribution in [3.05, 3.63) is 0 Å². The van der Waals surface area contributed by atoms with E-state index in [0.29, 0.717) is 6.54 Å². The second kappa shape index (κ2) is 7.02. The van der Waals surface area contributed by atoms with Crippen LogP contribution >= 0.6 is 22.6 Å². The Balaban J connectivity index is 1.87. The monoisotopic (exact) mass is 409 g/mol. The van der Waals surface area contributed by atoms with Gasteiger partial charge in [-0.2, -0.15) is 0 Å². The zero-order valence-electron chi connectivity index (χ0n) is 13.5. The Morgan fingerprint density at radius 3 is 2.67 bits per heavy atom. The van der Waals surface area contributed by atoms with Gasteiger partial charge in [0.25, 0.3) is 0 Å². The minimum Gasteiger partial charge on any atom is -0.444 e. The van der Waals surface area contributed by atoms with Gasteiger partial charge in [-0.05, 0) is 46.0 Å². The summed E-state index contributed by atoms with van der Waals surface area (Å²) >= 11 is 2.39. The van der Waals surface area contributed by atoms with E-state index >= 15 is 0 Å². The molecule has 0 bridgehead atoms. The van der Waals surface area contributed by atoms with Crippen molar-refractivity contribution in [3.63, 3.8) is 0 Å². The summed E-state index contributed by atoms with van der Waals surface area (Å²) in [5.41, 5.74) is -0.612. The fourth-order valence-electron chi connectivity index (χ4n) is 2.69. The second-order valence-corrected chi connectivity index (χ2v) is 8.17. The number of hydrogen-bond donors (Lipinski definition) is 0. The minimum absolute atomic E-state index is 0.176. The Bertz CT molecular complexity index is 365. The van der Waals surface area contributed by atoms with Crippen molar-refractivity contribution in [1.82, 2.24) is 4.90 Å². The van der Waals surface area contributed by atoms with E-state index in [0.717, 1.165) is 36.3 Å². The number of halogens is 1. The molecule has 1 atom stereocenters. The SMILES string of the molecule is CC(C)(C)OC(=O)N1CCCC(CI)(OCCC2CC2)C1. The van der Waals surface area contributed by atoms with Gasteiger partial charge in [-0.25, -0.2) is 4.79 Å². The molecule has 1 saturated carbocycles. The van der Waals surface area contributed by atoms with E-state index < -0.39 is 5.60 Å². The third kappa shape index (κ3) is 5.58. The van der Waals surface area contributed by atoms with Crippen LogP contribution in [0.25, 0.3) is 0 Å². The molecule has 2 aliphatic rings. The quantitative estimate of drug-likeness (QED) is 0.509. The number of piperidine rings is 1. The van der Waals surface area contributed by atoms with Crippen LogP contribution in [0, 0.1) is 5.92 Å². The zero-order valence-corrected chi connectivity index (χ0v) is 15.6. The van der Waals surface area contributed by atoms with Gasteiger partial charge in [-0.15, -0.1) is 0 Å². The molecule has 1 amide bonds. The maximum absolute atomic E-state index is 12.3. The van der Waals surface area contributed by atoms with Crippen LogP contribution in [-0.4, -0.2) is 46.3 Å². The molecule has 5 heteroatoms. The van der Waals surface area contributed by atoms with Gasteiger partial charge in [0.1, 0.15) is 5.60 Å². The maximum Gasteiger partial charge on any atom is 0.410 e. The van der Waals surface area contributed by atoms with Crippen LogP contribution in [0.2, 0.25) is 0 Å². The lowest BCUT2D eigenvalue weighted by atomic mass is 9.95. The molecule has 4 nitrogen and oxygen atoms in total. The molecule has 1 heterocycles. The number of nitrogens with zero attached hydrogens (tertiary/aromatic N) is 1. The van der Waals surface area contributed by atoms with Crippen LogP contribution in [0.5, 0.6) is 0 Å². The lowest BCUT2D eigenvalue weighted by Gasteiger charge is -2.42. The van der Waals surface area contributed by atoms with Gasteiger partial charge in [0.05, 0.1) is 12.1 Å². The number of amides is 1. The highest BCUT2D eigenvalue weighted by Crippen LogP contribution is 2.34. The second-order valence-electron chi connectivity index (χ2n) is 7.40. The number of hydrogen-bond acceptors (Lipinski definition) is 3. The summed E-state index contributed by atoms with van der Waals surface area (Å²) in [5, 5.41) is 0. The minimum atomic E-state index is -0.436. The fourth-order valence-corrected chi connectivity index (χ4v) is 3.54. The number of carbonyl (C=O) groups excluding carboxylic acids is 1. The summed E-state index contributed by atoms with van der Waals surface area (Å²) in [6.45, 7) is 8.00. The van der Waals surface area contributed by atoms with Gasteiger partial charge >= 0.3 is 6.09 Å². The Morgan fingerprint density at radius 1 is 1.38 bits per heavy atom. The molecule has 1 aliphatic carbocycles. The van der Waals surface area contributed by atoms with E-state index in [1.165, 1.54) is 19.3 Å². The number of carbonyl (C=O) groups is 1. The smallest absolute Gasteiger partial charge is 0.410 e. The number of likely N-dealkylation sites (tertiary alicyclic amines) is 1. The van der Waals surface area contributed by atoms with E-state index in [1.807, 2.05) is 25.7 Å². The Labute approximate surface area is 142 Å². The average Bonchev–Trinajstić information content (AvgIpc) is 3.21. The van der Waals surface area contributed by atoms with Crippen molar-refractivity contribution < 1.29 is 14.3 Å². The molecule has 0 spiro atoms. The molecule has 1 saturated heterocycles. The van der Waals surface area contributed by atoms with E-state index in [9.17, 15) is 4.79 Å². The lowest BCUT2D eigenvalue weighted by molar-refractivity contribution is -0.0764. The summed E-state index contributed by atoms with van der Waals surface area (Å²) in [7, 11) is 0. The maximum atomic E-state index is 12.3. The zero-order chi connectivity index (χ0) is 15.5. The standard InChI is InChI=1S/C16H28INO3/c1-15(2,3)21-14(19)18-9-4-8-16(11-17,12-18)20-10-7-13-5-6-13/h13H,4-12H2,1-3H3. The molecule has 1 aliphatic heterocycles. The third-order valence-electron chi connectivity index (χ3n) is 4.07. The topological polar surface area (TPSA) is 38.8 Å². The Hall–Kier alpha value is -0.0400. The fraction of sp³-hybridized carbons (Fsp3) is 0.938. The van der Waals surface area contributed by atoms with Crippen LogP contribution in [-0.2, 0) is 9.47 Å². The normalized spacial score (nSPS) is 26.8. The predicted octanol–water partition coefficient (Wildman–Crippen LogP) is 4.01. The summed E-state index contributed by atoms with van der Waals surface area (Å²) in [6.07, 6.45) is 5.73. The Kier molecular flexibility index (Phi) is 5.79. The van der Waals surface area contributed by atoms with Gasteiger partial charge in [-0.1, -0.05) is 35.4 Å². The van der Waals surface area contributed by atoms with E-state index in [-0.39, 0.29) is 11.7 Å². The number of alkyl halides is 1. The summed E-state index contributed by atoms with van der Waals surface area (Å²) < 4.78 is 12.6.